The Morgan fingerprint density at radius 2 is 2.10 bits per heavy atom. The third kappa shape index (κ3) is 3.05. The Bertz CT molecular complexity index is 613. The van der Waals surface area contributed by atoms with Gasteiger partial charge < -0.3 is 4.89 Å². The highest BCUT2D eigenvalue weighted by molar-refractivity contribution is 7.56. The molecular weight excluding hydrogens is 291 g/mol. The van der Waals surface area contributed by atoms with Crippen LogP contribution >= 0.6 is 8.09 Å². The zero-order valence-electron chi connectivity index (χ0n) is 11.5. The number of pyridine rings is 1. The molecule has 0 bridgehead atoms. The van der Waals surface area contributed by atoms with E-state index >= 15 is 0 Å². The summed E-state index contributed by atoms with van der Waals surface area (Å²) >= 11 is 0. The smallest absolute Gasteiger partial charge is 0.389 e. The zero-order chi connectivity index (χ0) is 14.7. The molecule has 0 N–H and O–H groups in total. The number of hydrogen-bond donors (Lipinski definition) is 0. The van der Waals surface area contributed by atoms with Gasteiger partial charge in [0.05, 0.1) is 13.7 Å². The molecule has 0 fully saturated rings. The molecular formula is C14H15N2O4P. The van der Waals surface area contributed by atoms with Crippen LogP contribution in [-0.4, -0.2) is 16.9 Å². The van der Waals surface area contributed by atoms with E-state index in [-0.39, 0.29) is 13.2 Å². The first-order valence-corrected chi connectivity index (χ1v) is 7.95. The Labute approximate surface area is 123 Å². The Kier molecular flexibility index (Phi) is 4.14. The summed E-state index contributed by atoms with van der Waals surface area (Å²) in [7, 11) is -2.17. The van der Waals surface area contributed by atoms with Gasteiger partial charge in [-0.3, -0.25) is 14.3 Å². The molecule has 1 atom stereocenters. The Hall–Kier alpha value is -1.56. The maximum atomic E-state index is 12.6. The molecule has 0 spiro atoms. The molecule has 0 aliphatic carbocycles. The van der Waals surface area contributed by atoms with Crippen LogP contribution in [0.5, 0.6) is 5.75 Å². The lowest BCUT2D eigenvalue weighted by atomic mass is 10.2. The van der Waals surface area contributed by atoms with E-state index in [2.05, 4.69) is 4.98 Å². The summed E-state index contributed by atoms with van der Waals surface area (Å²) < 4.78 is 10.5. The molecule has 21 heavy (non-hydrogen) atoms. The molecule has 7 heteroatoms. The van der Waals surface area contributed by atoms with Gasteiger partial charge in [-0.2, -0.15) is 4.52 Å². The number of fused-ring (bicyclic) bond motifs is 1. The summed E-state index contributed by atoms with van der Waals surface area (Å²) in [5.41, 5.74) is 1.63. The average molecular weight is 306 g/mol. The van der Waals surface area contributed by atoms with Gasteiger partial charge in [-0.1, -0.05) is 30.3 Å². The summed E-state index contributed by atoms with van der Waals surface area (Å²) in [5, 5.41) is 0. The van der Waals surface area contributed by atoms with Crippen molar-refractivity contribution in [1.82, 2.24) is 9.82 Å². The first kappa shape index (κ1) is 14.4. The monoisotopic (exact) mass is 306 g/mol. The highest BCUT2D eigenvalue weighted by Gasteiger charge is 2.46. The van der Waals surface area contributed by atoms with Crippen molar-refractivity contribution in [3.05, 3.63) is 59.9 Å². The van der Waals surface area contributed by atoms with Crippen LogP contribution in [0.1, 0.15) is 11.3 Å². The van der Waals surface area contributed by atoms with Crippen LogP contribution in [0.25, 0.3) is 0 Å². The fraction of sp³-hybridized carbons (Fsp3) is 0.214. The van der Waals surface area contributed by atoms with E-state index in [4.69, 9.17) is 13.9 Å². The second-order valence-corrected chi connectivity index (χ2v) is 6.39. The standard InChI is InChI=1S/C14H15N2O4P/c1-18-21(17)16(19-11-12-6-3-2-4-7-12)10-13-14(20-21)8-5-9-15-13/h2-9H,10-11H2,1H3. The molecule has 0 amide bonds. The van der Waals surface area contributed by atoms with Crippen LogP contribution in [0, 0.1) is 0 Å². The maximum absolute atomic E-state index is 12.6. The first-order valence-electron chi connectivity index (χ1n) is 6.45. The third-order valence-corrected chi connectivity index (χ3v) is 4.77. The van der Waals surface area contributed by atoms with Crippen molar-refractivity contribution in [2.45, 2.75) is 13.2 Å². The highest BCUT2D eigenvalue weighted by atomic mass is 31.2. The van der Waals surface area contributed by atoms with E-state index < -0.39 is 8.09 Å². The van der Waals surface area contributed by atoms with Crippen molar-refractivity contribution >= 4 is 8.09 Å². The SMILES string of the molecule is CO[P+]1([O-])Oc2cccnc2CN1OCc1ccccc1. The molecule has 1 unspecified atom stereocenters. The maximum Gasteiger partial charge on any atom is 0.389 e. The van der Waals surface area contributed by atoms with Gasteiger partial charge in [0, 0.05) is 11.0 Å². The quantitative estimate of drug-likeness (QED) is 0.806. The van der Waals surface area contributed by atoms with Crippen LogP contribution in [0.4, 0.5) is 0 Å². The number of nitrogens with zero attached hydrogens (tertiary/aromatic N) is 2. The Balaban J connectivity index is 1.77. The van der Waals surface area contributed by atoms with Crippen molar-refractivity contribution in [3.8, 4) is 5.75 Å². The first-order chi connectivity index (χ1) is 10.2. The molecule has 0 saturated carbocycles. The summed E-state index contributed by atoms with van der Waals surface area (Å²) in [6.45, 7) is 0.522. The average Bonchev–Trinajstić information content (AvgIpc) is 2.54. The predicted molar refractivity (Wildman–Crippen MR) is 75.6 cm³/mol. The van der Waals surface area contributed by atoms with Gasteiger partial charge in [-0.05, 0) is 17.7 Å². The summed E-state index contributed by atoms with van der Waals surface area (Å²) in [4.78, 5) is 23.7. The second kappa shape index (κ2) is 6.05. The second-order valence-electron chi connectivity index (χ2n) is 4.46. The van der Waals surface area contributed by atoms with Crippen LogP contribution < -0.4 is 9.42 Å². The Morgan fingerprint density at radius 1 is 1.29 bits per heavy atom. The van der Waals surface area contributed by atoms with Crippen molar-refractivity contribution < 1.29 is 18.8 Å². The molecule has 1 aromatic heterocycles. The lowest BCUT2D eigenvalue weighted by Gasteiger charge is -2.36. The van der Waals surface area contributed by atoms with Gasteiger partial charge in [-0.25, -0.2) is 0 Å². The molecule has 2 aromatic rings. The summed E-state index contributed by atoms with van der Waals surface area (Å²) in [5.74, 6) is 0.460. The van der Waals surface area contributed by atoms with Gasteiger partial charge in [0.1, 0.15) is 12.2 Å². The van der Waals surface area contributed by atoms with E-state index in [1.54, 1.807) is 18.3 Å². The number of benzene rings is 1. The lowest BCUT2D eigenvalue weighted by Crippen LogP contribution is -2.38. The van der Waals surface area contributed by atoms with Gasteiger partial charge in [0.2, 0.25) is 5.75 Å². The number of hydrogen-bond acceptors (Lipinski definition) is 6. The van der Waals surface area contributed by atoms with Crippen molar-refractivity contribution in [2.75, 3.05) is 7.11 Å². The Morgan fingerprint density at radius 3 is 2.86 bits per heavy atom. The van der Waals surface area contributed by atoms with Crippen LogP contribution in [0.2, 0.25) is 0 Å². The summed E-state index contributed by atoms with van der Waals surface area (Å²) in [6.07, 6.45) is 1.65. The van der Waals surface area contributed by atoms with Crippen LogP contribution in [-0.2, 0) is 22.5 Å². The molecule has 6 nitrogen and oxygen atoms in total. The van der Waals surface area contributed by atoms with E-state index in [1.807, 2.05) is 30.3 Å². The number of hydroxylamine groups is 1. The normalized spacial score (nSPS) is 21.6. The highest BCUT2D eigenvalue weighted by Crippen LogP contribution is 2.59. The lowest BCUT2D eigenvalue weighted by molar-refractivity contribution is -0.267. The van der Waals surface area contributed by atoms with Crippen LogP contribution in [0.15, 0.2) is 48.7 Å². The topological polar surface area (TPSA) is 66.9 Å². The molecule has 0 saturated heterocycles. The molecule has 110 valence electrons. The minimum Gasteiger partial charge on any atom is -0.607 e. The van der Waals surface area contributed by atoms with Gasteiger partial charge in [0.15, 0.2) is 0 Å². The fourth-order valence-electron chi connectivity index (χ4n) is 1.98. The molecule has 0 radical (unpaired) electrons. The fourth-order valence-corrected chi connectivity index (χ4v) is 3.25. The van der Waals surface area contributed by atoms with Gasteiger partial charge in [-0.15, -0.1) is 0 Å². The molecule has 1 aromatic carbocycles. The molecule has 3 rings (SSSR count). The number of aromatic nitrogens is 1. The van der Waals surface area contributed by atoms with E-state index in [1.165, 1.54) is 11.9 Å². The van der Waals surface area contributed by atoms with Crippen molar-refractivity contribution in [1.29, 1.82) is 0 Å². The minimum absolute atomic E-state index is 0.244. The van der Waals surface area contributed by atoms with Gasteiger partial charge >= 0.3 is 8.09 Å². The van der Waals surface area contributed by atoms with E-state index in [0.717, 1.165) is 5.56 Å². The molecule has 1 aliphatic heterocycles. The summed E-state index contributed by atoms with van der Waals surface area (Å²) in [6, 6.07) is 13.0. The van der Waals surface area contributed by atoms with Crippen molar-refractivity contribution in [2.24, 2.45) is 0 Å². The zero-order valence-corrected chi connectivity index (χ0v) is 12.4. The van der Waals surface area contributed by atoms with E-state index in [0.29, 0.717) is 11.4 Å². The van der Waals surface area contributed by atoms with Gasteiger partial charge in [0.25, 0.3) is 0 Å². The third-order valence-electron chi connectivity index (χ3n) is 3.07. The molecule has 2 heterocycles. The minimum atomic E-state index is -3.50. The van der Waals surface area contributed by atoms with Crippen molar-refractivity contribution in [3.63, 3.8) is 0 Å². The largest absolute Gasteiger partial charge is 0.607 e. The molecule has 1 aliphatic rings. The van der Waals surface area contributed by atoms with E-state index in [9.17, 15) is 4.89 Å². The predicted octanol–water partition coefficient (Wildman–Crippen LogP) is 2.09. The number of rotatable bonds is 4. The van der Waals surface area contributed by atoms with Crippen LogP contribution in [0.3, 0.4) is 0 Å².